The number of H-pyrrole nitrogens is 1. The molecule has 1 aliphatic rings. The molecule has 0 radical (unpaired) electrons. The summed E-state index contributed by atoms with van der Waals surface area (Å²) >= 11 is 0. The highest BCUT2D eigenvalue weighted by molar-refractivity contribution is 5.23. The summed E-state index contributed by atoms with van der Waals surface area (Å²) in [4.78, 5) is 0. The van der Waals surface area contributed by atoms with Crippen LogP contribution in [0.15, 0.2) is 23.9 Å². The molecule has 1 aromatic rings. The highest BCUT2D eigenvalue weighted by Gasteiger charge is 2.18. The molecular formula is C12H19N3. The highest BCUT2D eigenvalue weighted by Crippen LogP contribution is 2.29. The van der Waals surface area contributed by atoms with Crippen molar-refractivity contribution in [1.29, 1.82) is 0 Å². The fourth-order valence-electron chi connectivity index (χ4n) is 2.11. The average molecular weight is 205 g/mol. The summed E-state index contributed by atoms with van der Waals surface area (Å²) in [5, 5.41) is 10.7. The van der Waals surface area contributed by atoms with E-state index in [0.29, 0.717) is 6.04 Å². The van der Waals surface area contributed by atoms with Gasteiger partial charge in [0.25, 0.3) is 0 Å². The van der Waals surface area contributed by atoms with E-state index < -0.39 is 0 Å². The predicted octanol–water partition coefficient (Wildman–Crippen LogP) is 2.56. The second-order valence-electron chi connectivity index (χ2n) is 4.07. The molecule has 1 heterocycles. The zero-order valence-electron chi connectivity index (χ0n) is 9.29. The highest BCUT2D eigenvalue weighted by atomic mass is 15.1. The summed E-state index contributed by atoms with van der Waals surface area (Å²) in [6.07, 6.45) is 9.11. The van der Waals surface area contributed by atoms with Crippen molar-refractivity contribution < 1.29 is 0 Å². The van der Waals surface area contributed by atoms with E-state index in [1.807, 2.05) is 6.20 Å². The van der Waals surface area contributed by atoms with Crippen molar-refractivity contribution in [2.75, 3.05) is 6.54 Å². The molecule has 0 fully saturated rings. The van der Waals surface area contributed by atoms with E-state index in [1.54, 1.807) is 0 Å². The van der Waals surface area contributed by atoms with Crippen LogP contribution >= 0.6 is 0 Å². The summed E-state index contributed by atoms with van der Waals surface area (Å²) in [6.45, 7) is 3.25. The predicted molar refractivity (Wildman–Crippen MR) is 61.6 cm³/mol. The van der Waals surface area contributed by atoms with Crippen molar-refractivity contribution in [3.63, 3.8) is 0 Å². The van der Waals surface area contributed by atoms with E-state index in [2.05, 4.69) is 34.6 Å². The number of nitrogens with one attached hydrogen (secondary N) is 2. The maximum absolute atomic E-state index is 4.03. The molecular weight excluding hydrogens is 186 g/mol. The Hall–Kier alpha value is -1.09. The first-order chi connectivity index (χ1) is 7.42. The molecule has 1 unspecified atom stereocenters. The topological polar surface area (TPSA) is 40.7 Å². The maximum atomic E-state index is 4.03. The Kier molecular flexibility index (Phi) is 3.56. The number of aromatic amines is 1. The summed E-state index contributed by atoms with van der Waals surface area (Å²) in [6, 6.07) is 2.42. The quantitative estimate of drug-likeness (QED) is 0.725. The molecule has 3 nitrogen and oxygen atoms in total. The fraction of sp³-hybridized carbons (Fsp3) is 0.583. The molecule has 1 aliphatic carbocycles. The first-order valence-electron chi connectivity index (χ1n) is 5.83. The van der Waals surface area contributed by atoms with E-state index in [9.17, 15) is 0 Å². The van der Waals surface area contributed by atoms with Crippen LogP contribution in [0.5, 0.6) is 0 Å². The summed E-state index contributed by atoms with van der Waals surface area (Å²) < 4.78 is 0. The Balaban J connectivity index is 2.09. The van der Waals surface area contributed by atoms with Gasteiger partial charge >= 0.3 is 0 Å². The van der Waals surface area contributed by atoms with Gasteiger partial charge in [-0.15, -0.1) is 0 Å². The van der Waals surface area contributed by atoms with Crippen molar-refractivity contribution in [3.8, 4) is 0 Å². The van der Waals surface area contributed by atoms with Gasteiger partial charge < -0.3 is 5.32 Å². The van der Waals surface area contributed by atoms with Gasteiger partial charge in [-0.1, -0.05) is 18.6 Å². The summed E-state index contributed by atoms with van der Waals surface area (Å²) in [5.74, 6) is 0. The van der Waals surface area contributed by atoms with E-state index >= 15 is 0 Å². The molecule has 3 heteroatoms. The van der Waals surface area contributed by atoms with E-state index in [-0.39, 0.29) is 0 Å². The van der Waals surface area contributed by atoms with Crippen LogP contribution in [0.1, 0.15) is 44.3 Å². The molecule has 1 atom stereocenters. The Morgan fingerprint density at radius 2 is 2.53 bits per heavy atom. The van der Waals surface area contributed by atoms with Crippen LogP contribution in [0.25, 0.3) is 0 Å². The minimum atomic E-state index is 0.356. The zero-order chi connectivity index (χ0) is 10.5. The lowest BCUT2D eigenvalue weighted by Gasteiger charge is -2.18. The van der Waals surface area contributed by atoms with Crippen molar-refractivity contribution in [3.05, 3.63) is 29.6 Å². The Labute approximate surface area is 91.0 Å². The maximum Gasteiger partial charge on any atom is 0.0705 e. The molecule has 0 aliphatic heterocycles. The van der Waals surface area contributed by atoms with Crippen LogP contribution < -0.4 is 5.32 Å². The van der Waals surface area contributed by atoms with Crippen molar-refractivity contribution in [2.45, 2.75) is 38.6 Å². The van der Waals surface area contributed by atoms with Crippen molar-refractivity contribution in [2.24, 2.45) is 0 Å². The standard InChI is InChI=1S/C12H19N3/c1-2-8-13-12(10-5-3-4-6-10)11-7-9-14-15-11/h5,7,9,12-13H,2-4,6,8H2,1H3,(H,14,15). The van der Waals surface area contributed by atoms with Crippen LogP contribution in [-0.4, -0.2) is 16.7 Å². The van der Waals surface area contributed by atoms with Gasteiger partial charge in [-0.3, -0.25) is 5.10 Å². The smallest absolute Gasteiger partial charge is 0.0705 e. The first-order valence-corrected chi connectivity index (χ1v) is 5.83. The molecule has 0 aromatic carbocycles. The SMILES string of the molecule is CCCNC(C1=CCCC1)c1ccn[nH]1. The lowest BCUT2D eigenvalue weighted by molar-refractivity contribution is 0.566. The molecule has 82 valence electrons. The second kappa shape index (κ2) is 5.12. The Morgan fingerprint density at radius 1 is 1.60 bits per heavy atom. The van der Waals surface area contributed by atoms with E-state index in [0.717, 1.165) is 13.0 Å². The van der Waals surface area contributed by atoms with Crippen LogP contribution in [0.4, 0.5) is 0 Å². The van der Waals surface area contributed by atoms with Gasteiger partial charge in [0.05, 0.1) is 11.7 Å². The van der Waals surface area contributed by atoms with Crippen LogP contribution in [0, 0.1) is 0 Å². The number of allylic oxidation sites excluding steroid dienone is 1. The number of nitrogens with zero attached hydrogens (tertiary/aromatic N) is 1. The molecule has 0 bridgehead atoms. The average Bonchev–Trinajstić information content (AvgIpc) is 2.90. The van der Waals surface area contributed by atoms with Crippen LogP contribution in [0.3, 0.4) is 0 Å². The minimum Gasteiger partial charge on any atom is -0.305 e. The molecule has 15 heavy (non-hydrogen) atoms. The number of aromatic nitrogens is 2. The van der Waals surface area contributed by atoms with Crippen LogP contribution in [0.2, 0.25) is 0 Å². The molecule has 1 aromatic heterocycles. The van der Waals surface area contributed by atoms with Gasteiger partial charge in [-0.2, -0.15) is 5.10 Å². The molecule has 0 spiro atoms. The fourth-order valence-corrected chi connectivity index (χ4v) is 2.11. The van der Waals surface area contributed by atoms with Gasteiger partial charge in [0.2, 0.25) is 0 Å². The zero-order valence-corrected chi connectivity index (χ0v) is 9.29. The van der Waals surface area contributed by atoms with Crippen molar-refractivity contribution in [1.82, 2.24) is 15.5 Å². The molecule has 2 rings (SSSR count). The van der Waals surface area contributed by atoms with Gasteiger partial charge in [0.15, 0.2) is 0 Å². The van der Waals surface area contributed by atoms with E-state index in [4.69, 9.17) is 0 Å². The lowest BCUT2D eigenvalue weighted by atomic mass is 10.0. The number of hydrogen-bond donors (Lipinski definition) is 2. The number of rotatable bonds is 5. The third-order valence-electron chi connectivity index (χ3n) is 2.88. The summed E-state index contributed by atoms with van der Waals surface area (Å²) in [5.41, 5.74) is 2.71. The Morgan fingerprint density at radius 3 is 3.13 bits per heavy atom. The lowest BCUT2D eigenvalue weighted by Crippen LogP contribution is -2.23. The largest absolute Gasteiger partial charge is 0.305 e. The molecule has 2 N–H and O–H groups in total. The molecule has 0 saturated heterocycles. The summed E-state index contributed by atoms with van der Waals surface area (Å²) in [7, 11) is 0. The van der Waals surface area contributed by atoms with Gasteiger partial charge in [0, 0.05) is 6.20 Å². The minimum absolute atomic E-state index is 0.356. The van der Waals surface area contributed by atoms with Crippen LogP contribution in [-0.2, 0) is 0 Å². The Bertz CT molecular complexity index is 314. The third-order valence-corrected chi connectivity index (χ3v) is 2.88. The van der Waals surface area contributed by atoms with Gasteiger partial charge in [-0.05, 0) is 38.3 Å². The van der Waals surface area contributed by atoms with Gasteiger partial charge in [0.1, 0.15) is 0 Å². The second-order valence-corrected chi connectivity index (χ2v) is 4.07. The third kappa shape index (κ3) is 2.48. The monoisotopic (exact) mass is 205 g/mol. The van der Waals surface area contributed by atoms with E-state index in [1.165, 1.54) is 30.5 Å². The van der Waals surface area contributed by atoms with Gasteiger partial charge in [-0.25, -0.2) is 0 Å². The molecule has 0 saturated carbocycles. The normalized spacial score (nSPS) is 17.8. The molecule has 0 amide bonds. The number of hydrogen-bond acceptors (Lipinski definition) is 2. The van der Waals surface area contributed by atoms with Crippen molar-refractivity contribution >= 4 is 0 Å². The first kappa shape index (κ1) is 10.4.